The van der Waals surface area contributed by atoms with Crippen LogP contribution >= 0.6 is 0 Å². The molecule has 3 heterocycles. The fraction of sp³-hybridized carbons (Fsp3) is 0.0870. The van der Waals surface area contributed by atoms with Crippen molar-refractivity contribution < 1.29 is 9.18 Å². The average molecular weight is 399 g/mol. The summed E-state index contributed by atoms with van der Waals surface area (Å²) >= 11 is 0. The number of benzene rings is 2. The van der Waals surface area contributed by atoms with Crippen LogP contribution in [0.4, 0.5) is 21.6 Å². The van der Waals surface area contributed by atoms with E-state index in [4.69, 9.17) is 0 Å². The zero-order valence-electron chi connectivity index (χ0n) is 16.2. The zero-order valence-corrected chi connectivity index (χ0v) is 16.2. The van der Waals surface area contributed by atoms with Crippen molar-refractivity contribution in [3.05, 3.63) is 95.7 Å². The molecule has 0 unspecified atom stereocenters. The van der Waals surface area contributed by atoms with Crippen LogP contribution in [-0.2, 0) is 6.54 Å². The van der Waals surface area contributed by atoms with Crippen LogP contribution < -0.4 is 10.2 Å². The normalized spacial score (nSPS) is 12.5. The minimum absolute atomic E-state index is 0.00442. The molecule has 0 saturated heterocycles. The van der Waals surface area contributed by atoms with E-state index in [1.54, 1.807) is 28.0 Å². The molecule has 0 bridgehead atoms. The fourth-order valence-electron chi connectivity index (χ4n) is 3.58. The van der Waals surface area contributed by atoms with Crippen LogP contribution in [0.5, 0.6) is 0 Å². The summed E-state index contributed by atoms with van der Waals surface area (Å²) in [5.74, 6) is -0.321. The van der Waals surface area contributed by atoms with Gasteiger partial charge >= 0.3 is 0 Å². The molecule has 1 aliphatic rings. The average Bonchev–Trinajstić information content (AvgIpc) is 3.11. The van der Waals surface area contributed by atoms with Crippen LogP contribution in [0.25, 0.3) is 5.69 Å². The standard InChI is InChI=1S/C23H18FN5O/c1-15-10-12-29(27-15)17-8-9-18(19(24)13-17)23(30)28-14-16-5-4-11-25-22(16)26-20-6-2-3-7-21(20)28/h2-13H,14H2,1H3,(H,25,26). The molecular weight excluding hydrogens is 381 g/mol. The molecule has 0 atom stereocenters. The first kappa shape index (κ1) is 18.1. The maximum atomic E-state index is 15.0. The first-order valence-electron chi connectivity index (χ1n) is 9.54. The lowest BCUT2D eigenvalue weighted by atomic mass is 10.1. The van der Waals surface area contributed by atoms with Gasteiger partial charge in [0.25, 0.3) is 5.91 Å². The first-order valence-corrected chi connectivity index (χ1v) is 9.54. The number of amides is 1. The summed E-state index contributed by atoms with van der Waals surface area (Å²) in [7, 11) is 0. The second kappa shape index (κ2) is 7.11. The molecule has 7 heteroatoms. The summed E-state index contributed by atoms with van der Waals surface area (Å²) in [6, 6.07) is 17.5. The smallest absolute Gasteiger partial charge is 0.261 e. The molecular formula is C23H18FN5O. The lowest BCUT2D eigenvalue weighted by Crippen LogP contribution is -2.30. The molecule has 2 aromatic heterocycles. The van der Waals surface area contributed by atoms with Gasteiger partial charge in [0.15, 0.2) is 0 Å². The number of anilines is 3. The van der Waals surface area contributed by atoms with E-state index in [0.717, 1.165) is 16.9 Å². The molecule has 0 fully saturated rings. The summed E-state index contributed by atoms with van der Waals surface area (Å²) in [6.45, 7) is 2.15. The monoisotopic (exact) mass is 399 g/mol. The van der Waals surface area contributed by atoms with Crippen molar-refractivity contribution in [1.29, 1.82) is 0 Å². The number of fused-ring (bicyclic) bond motifs is 2. The summed E-state index contributed by atoms with van der Waals surface area (Å²) in [5, 5.41) is 7.57. The van der Waals surface area contributed by atoms with Crippen LogP contribution in [0.1, 0.15) is 21.6 Å². The molecule has 0 aliphatic carbocycles. The molecule has 1 aliphatic heterocycles. The van der Waals surface area contributed by atoms with Crippen molar-refractivity contribution >= 4 is 23.1 Å². The number of halogens is 1. The lowest BCUT2D eigenvalue weighted by molar-refractivity contribution is 0.0981. The number of aryl methyl sites for hydroxylation is 1. The Hall–Kier alpha value is -4.00. The van der Waals surface area contributed by atoms with Crippen molar-refractivity contribution in [2.75, 3.05) is 10.2 Å². The highest BCUT2D eigenvalue weighted by Gasteiger charge is 2.27. The molecule has 148 valence electrons. The van der Waals surface area contributed by atoms with Crippen LogP contribution in [0.3, 0.4) is 0 Å². The van der Waals surface area contributed by atoms with Gasteiger partial charge in [-0.15, -0.1) is 0 Å². The maximum Gasteiger partial charge on any atom is 0.261 e. The third kappa shape index (κ3) is 3.10. The Morgan fingerprint density at radius 2 is 1.97 bits per heavy atom. The van der Waals surface area contributed by atoms with Gasteiger partial charge in [0.2, 0.25) is 0 Å². The number of aromatic nitrogens is 3. The number of nitrogens with zero attached hydrogens (tertiary/aromatic N) is 4. The molecule has 0 saturated carbocycles. The fourth-order valence-corrected chi connectivity index (χ4v) is 3.58. The Kier molecular flexibility index (Phi) is 4.28. The first-order chi connectivity index (χ1) is 14.6. The van der Waals surface area contributed by atoms with E-state index in [0.29, 0.717) is 17.2 Å². The minimum Gasteiger partial charge on any atom is -0.338 e. The van der Waals surface area contributed by atoms with Crippen LogP contribution in [0, 0.1) is 12.7 Å². The van der Waals surface area contributed by atoms with Gasteiger partial charge in [0, 0.05) is 24.0 Å². The number of nitrogens with one attached hydrogen (secondary N) is 1. The number of rotatable bonds is 2. The van der Waals surface area contributed by atoms with Gasteiger partial charge in [0.1, 0.15) is 11.6 Å². The second-order valence-corrected chi connectivity index (χ2v) is 7.11. The number of hydrogen-bond donors (Lipinski definition) is 1. The van der Waals surface area contributed by atoms with E-state index >= 15 is 4.39 Å². The van der Waals surface area contributed by atoms with Crippen LogP contribution in [0.2, 0.25) is 0 Å². The Balaban J connectivity index is 1.55. The Morgan fingerprint density at radius 1 is 1.10 bits per heavy atom. The quantitative estimate of drug-likeness (QED) is 0.534. The molecule has 1 amide bonds. The molecule has 0 spiro atoms. The summed E-state index contributed by atoms with van der Waals surface area (Å²) in [5.41, 5.74) is 3.66. The summed E-state index contributed by atoms with van der Waals surface area (Å²) in [6.07, 6.45) is 3.45. The van der Waals surface area contributed by atoms with Crippen molar-refractivity contribution in [3.63, 3.8) is 0 Å². The maximum absolute atomic E-state index is 15.0. The third-order valence-electron chi connectivity index (χ3n) is 5.08. The number of carbonyl (C=O) groups excluding carboxylic acids is 1. The van der Waals surface area contributed by atoms with E-state index in [1.165, 1.54) is 12.1 Å². The van der Waals surface area contributed by atoms with Gasteiger partial charge in [-0.1, -0.05) is 18.2 Å². The Labute approximate surface area is 172 Å². The van der Waals surface area contributed by atoms with E-state index < -0.39 is 11.7 Å². The van der Waals surface area contributed by atoms with Crippen molar-refractivity contribution in [1.82, 2.24) is 14.8 Å². The molecule has 5 rings (SSSR count). The molecule has 0 radical (unpaired) electrons. The topological polar surface area (TPSA) is 63.1 Å². The van der Waals surface area contributed by atoms with Gasteiger partial charge in [-0.2, -0.15) is 5.10 Å². The van der Waals surface area contributed by atoms with E-state index in [2.05, 4.69) is 15.4 Å². The summed E-state index contributed by atoms with van der Waals surface area (Å²) < 4.78 is 16.6. The van der Waals surface area contributed by atoms with Gasteiger partial charge in [-0.25, -0.2) is 14.1 Å². The van der Waals surface area contributed by atoms with Crippen molar-refractivity contribution in [2.24, 2.45) is 0 Å². The van der Waals surface area contributed by atoms with Crippen LogP contribution in [-0.4, -0.2) is 20.7 Å². The SMILES string of the molecule is Cc1ccn(-c2ccc(C(=O)N3Cc4cccnc4Nc4ccccc43)c(F)c2)n1. The number of para-hydroxylation sites is 2. The number of pyridine rings is 1. The van der Waals surface area contributed by atoms with Gasteiger partial charge in [-0.3, -0.25) is 4.79 Å². The molecule has 6 nitrogen and oxygen atoms in total. The van der Waals surface area contributed by atoms with Gasteiger partial charge < -0.3 is 10.2 Å². The number of hydrogen-bond acceptors (Lipinski definition) is 4. The number of carbonyl (C=O) groups is 1. The zero-order chi connectivity index (χ0) is 20.7. The molecule has 1 N–H and O–H groups in total. The Morgan fingerprint density at radius 3 is 2.77 bits per heavy atom. The van der Waals surface area contributed by atoms with E-state index in [1.807, 2.05) is 49.4 Å². The largest absolute Gasteiger partial charge is 0.338 e. The highest BCUT2D eigenvalue weighted by atomic mass is 19.1. The van der Waals surface area contributed by atoms with Gasteiger partial charge in [0.05, 0.1) is 34.9 Å². The van der Waals surface area contributed by atoms with E-state index in [-0.39, 0.29) is 12.1 Å². The highest BCUT2D eigenvalue weighted by Crippen LogP contribution is 2.35. The summed E-state index contributed by atoms with van der Waals surface area (Å²) in [4.78, 5) is 19.4. The minimum atomic E-state index is -0.591. The van der Waals surface area contributed by atoms with Crippen molar-refractivity contribution in [2.45, 2.75) is 13.5 Å². The third-order valence-corrected chi connectivity index (χ3v) is 5.08. The predicted molar refractivity (Wildman–Crippen MR) is 113 cm³/mol. The van der Waals surface area contributed by atoms with Gasteiger partial charge in [-0.05, 0) is 43.3 Å². The van der Waals surface area contributed by atoms with Crippen molar-refractivity contribution in [3.8, 4) is 5.69 Å². The molecule has 2 aromatic carbocycles. The predicted octanol–water partition coefficient (Wildman–Crippen LogP) is 4.62. The van der Waals surface area contributed by atoms with E-state index in [9.17, 15) is 4.79 Å². The molecule has 4 aromatic rings. The molecule has 30 heavy (non-hydrogen) atoms. The lowest BCUT2D eigenvalue weighted by Gasteiger charge is -2.23. The highest BCUT2D eigenvalue weighted by molar-refractivity contribution is 6.08. The van der Waals surface area contributed by atoms with Crippen LogP contribution in [0.15, 0.2) is 73.1 Å². The second-order valence-electron chi connectivity index (χ2n) is 7.11. The Bertz CT molecular complexity index is 1270.